The van der Waals surface area contributed by atoms with Crippen LogP contribution >= 0.6 is 34.0 Å². The number of amides is 3. The minimum absolute atomic E-state index is 0.0399. The van der Waals surface area contributed by atoms with Gasteiger partial charge in [-0.25, -0.2) is 19.6 Å². The molecule has 33 nitrogen and oxygen atoms in total. The maximum absolute atomic E-state index is 13.5. The molecular formula is C112H143N23O10S3. The average Bonchev–Trinajstić information content (AvgIpc) is 1.47. The predicted molar refractivity (Wildman–Crippen MR) is 592 cm³/mol. The molecule has 3 amide bonds. The van der Waals surface area contributed by atoms with Crippen molar-refractivity contribution in [2.45, 2.75) is 122 Å². The summed E-state index contributed by atoms with van der Waals surface area (Å²) in [5, 5.41) is 18.9. The van der Waals surface area contributed by atoms with Crippen LogP contribution in [0.5, 0.6) is 23.0 Å². The number of fused-ring (bicyclic) bond motifs is 4. The number of carbonyl (C=O) groups excluding carboxylic acids is 4. The number of ketones is 1. The number of likely N-dealkylation sites (tertiary alicyclic amines) is 2. The molecule has 13 aromatic rings. The maximum atomic E-state index is 13.5. The number of nitrogens with zero attached hydrogens (tertiary/aromatic N) is 22. The third kappa shape index (κ3) is 26.1. The van der Waals surface area contributed by atoms with Crippen molar-refractivity contribution >= 4 is 139 Å². The van der Waals surface area contributed by atoms with Crippen molar-refractivity contribution in [1.29, 1.82) is 0 Å². The number of thiazole rings is 3. The number of aromatic nitrogens is 9. The van der Waals surface area contributed by atoms with Crippen LogP contribution in [-0.4, -0.2) is 323 Å². The number of para-hydroxylation sites is 1. The number of rotatable bonds is 30. The number of aryl methyl sites for hydroxylation is 1. The number of morpholine rings is 2. The molecule has 8 aliphatic heterocycles. The molecule has 8 aliphatic rings. The Morgan fingerprint density at radius 3 is 1.44 bits per heavy atom. The maximum Gasteiger partial charge on any atom is 0.224 e. The van der Waals surface area contributed by atoms with Crippen molar-refractivity contribution in [1.82, 2.24) is 74.1 Å². The molecule has 3 unspecified atom stereocenters. The second-order valence-electron chi connectivity index (χ2n) is 39.7. The van der Waals surface area contributed by atoms with Gasteiger partial charge in [0.1, 0.15) is 51.5 Å². The summed E-state index contributed by atoms with van der Waals surface area (Å²) in [6, 6.07) is 42.7. The SMILES string of the molecule is CC(=O)CCCOc1c(C)cc2cccnc2c1N1CCCN(Cc2csc(N3CCOCC3)n2)CC1.COc1ccc2cccnc2c1N1CCCN(C(CC(=O)N2CCCC2)c2ccn(-c3ccccc3)n2)CC1.COc1ccc2cccnc2c1N1CCCN(C(CC(=O)N2CC[C@@H](C)C2)c2csc(N3CCOCC3)n2)CC1.COc1ccc2cccnc2c1N1CCCN(C(CC(N)=O)c2csc(N(C)C)n2)CC1. The molecular weight excluding hydrogens is 1920 g/mol. The smallest absolute Gasteiger partial charge is 0.224 e. The lowest BCUT2D eigenvalue weighted by Crippen LogP contribution is -2.38. The fraction of sp³-hybridized carbons (Fsp3) is 0.482. The van der Waals surface area contributed by atoms with Crippen LogP contribution in [0.4, 0.5) is 38.1 Å². The van der Waals surface area contributed by atoms with E-state index < -0.39 is 0 Å². The Morgan fingerprint density at radius 2 is 0.932 bits per heavy atom. The quantitative estimate of drug-likeness (QED) is 0.0409. The number of hydrogen-bond donors (Lipinski definition) is 1. The van der Waals surface area contributed by atoms with Crippen molar-refractivity contribution in [3.05, 3.63) is 203 Å². The molecule has 16 heterocycles. The van der Waals surface area contributed by atoms with Gasteiger partial charge in [0.25, 0.3) is 0 Å². The molecule has 0 bridgehead atoms. The van der Waals surface area contributed by atoms with Crippen molar-refractivity contribution in [2.24, 2.45) is 11.7 Å². The number of Topliss-reactive ketones (excluding diaryl/α,β-unsaturated/α-hetero) is 1. The Hall–Kier alpha value is -12.5. The van der Waals surface area contributed by atoms with Gasteiger partial charge in [0.05, 0.1) is 123 Å². The number of carbonyl (C=O) groups is 4. The van der Waals surface area contributed by atoms with Crippen LogP contribution in [0.3, 0.4) is 0 Å². The highest BCUT2D eigenvalue weighted by Crippen LogP contribution is 2.45. The van der Waals surface area contributed by atoms with Crippen molar-refractivity contribution < 1.29 is 47.6 Å². The Bertz CT molecular complexity index is 6570. The van der Waals surface area contributed by atoms with Crippen LogP contribution < -0.4 is 59.0 Å². The van der Waals surface area contributed by atoms with Crippen LogP contribution in [0.2, 0.25) is 0 Å². The number of ether oxygens (including phenoxy) is 6. The summed E-state index contributed by atoms with van der Waals surface area (Å²) in [6.07, 6.45) is 19.1. The highest BCUT2D eigenvalue weighted by atomic mass is 32.1. The minimum atomic E-state index is -0.310. The Morgan fingerprint density at radius 1 is 0.459 bits per heavy atom. The summed E-state index contributed by atoms with van der Waals surface area (Å²) in [4.78, 5) is 114. The summed E-state index contributed by atoms with van der Waals surface area (Å²) in [7, 11) is 9.10. The molecule has 8 saturated heterocycles. The van der Waals surface area contributed by atoms with E-state index in [1.54, 1.807) is 62.3 Å². The van der Waals surface area contributed by atoms with E-state index in [0.29, 0.717) is 31.8 Å². The van der Waals surface area contributed by atoms with E-state index in [4.69, 9.17) is 69.2 Å². The van der Waals surface area contributed by atoms with E-state index >= 15 is 0 Å². The molecule has 8 aromatic heterocycles. The first-order chi connectivity index (χ1) is 72.4. The second kappa shape index (κ2) is 51.1. The lowest BCUT2D eigenvalue weighted by atomic mass is 10.1. The zero-order valence-corrected chi connectivity index (χ0v) is 89.4. The van der Waals surface area contributed by atoms with Gasteiger partial charge in [0.2, 0.25) is 17.7 Å². The van der Waals surface area contributed by atoms with Gasteiger partial charge in [-0.1, -0.05) is 49.4 Å². The molecule has 784 valence electrons. The lowest BCUT2D eigenvalue weighted by Gasteiger charge is -2.31. The molecule has 0 aliphatic carbocycles. The number of methoxy groups -OCH3 is 3. The molecule has 5 aromatic carbocycles. The van der Waals surface area contributed by atoms with Crippen molar-refractivity contribution in [2.75, 3.05) is 260 Å². The van der Waals surface area contributed by atoms with E-state index in [9.17, 15) is 19.2 Å². The van der Waals surface area contributed by atoms with E-state index in [1.165, 1.54) is 0 Å². The fourth-order valence-electron chi connectivity index (χ4n) is 21.7. The molecule has 36 heteroatoms. The molecule has 0 spiro atoms. The van der Waals surface area contributed by atoms with Gasteiger partial charge in [0.15, 0.2) is 15.4 Å². The average molecular weight is 2070 g/mol. The van der Waals surface area contributed by atoms with Gasteiger partial charge in [0, 0.05) is 272 Å². The van der Waals surface area contributed by atoms with Gasteiger partial charge < -0.3 is 83.0 Å². The minimum Gasteiger partial charge on any atom is -0.494 e. The highest BCUT2D eigenvalue weighted by Gasteiger charge is 2.38. The van der Waals surface area contributed by atoms with Crippen LogP contribution in [0, 0.1) is 12.8 Å². The Kier molecular flexibility index (Phi) is 36.4. The predicted octanol–water partition coefficient (Wildman–Crippen LogP) is 15.9. The van der Waals surface area contributed by atoms with Crippen LogP contribution in [0.25, 0.3) is 49.3 Å². The molecule has 2 N–H and O–H groups in total. The lowest BCUT2D eigenvalue weighted by molar-refractivity contribution is -0.132. The zero-order valence-electron chi connectivity index (χ0n) is 87.0. The first kappa shape index (κ1) is 105. The zero-order chi connectivity index (χ0) is 102. The number of nitrogens with two attached hydrogens (primary N) is 1. The van der Waals surface area contributed by atoms with E-state index in [-0.39, 0.29) is 48.1 Å². The Balaban J connectivity index is 0.000000130. The summed E-state index contributed by atoms with van der Waals surface area (Å²) in [5.41, 5.74) is 19.9. The first-order valence-electron chi connectivity index (χ1n) is 52.7. The number of anilines is 7. The van der Waals surface area contributed by atoms with Crippen LogP contribution in [0.1, 0.15) is 137 Å². The fourth-order valence-corrected chi connectivity index (χ4v) is 24.3. The van der Waals surface area contributed by atoms with Crippen LogP contribution in [0.15, 0.2) is 175 Å². The number of hydrogen-bond acceptors (Lipinski definition) is 32. The first-order valence-corrected chi connectivity index (χ1v) is 55.3. The Labute approximate surface area is 880 Å². The summed E-state index contributed by atoms with van der Waals surface area (Å²) in [5.74, 6) is 4.36. The summed E-state index contributed by atoms with van der Waals surface area (Å²) in [6.45, 7) is 31.5. The molecule has 21 rings (SSSR count). The normalized spacial score (nSPS) is 18.2. The highest BCUT2D eigenvalue weighted by molar-refractivity contribution is 7.14. The second-order valence-corrected chi connectivity index (χ2v) is 42.2. The molecule has 148 heavy (non-hydrogen) atoms. The number of pyridine rings is 4. The molecule has 8 fully saturated rings. The summed E-state index contributed by atoms with van der Waals surface area (Å²) < 4.78 is 36.6. The molecule has 0 saturated carbocycles. The van der Waals surface area contributed by atoms with Gasteiger partial charge >= 0.3 is 0 Å². The number of primary amides is 1. The van der Waals surface area contributed by atoms with Crippen molar-refractivity contribution in [3.8, 4) is 28.7 Å². The van der Waals surface area contributed by atoms with E-state index in [1.807, 2.05) is 132 Å². The topological polar surface area (TPSA) is 300 Å². The standard InChI is InChI=1S/C31H36N6O2.C30H40N6O3S.C28H37N5O3S.C23H30N6O2S/c1-39-28-13-12-24-9-7-15-32-30(24)31(28)36-19-8-18-34(21-22-36)27(23-29(38)35-16-5-6-17-35)26-14-20-37(33-26)25-10-3-2-4-11-25;1-22-8-12-36(20-22)27(37)19-25(24-21-40-30(32-24)35-15-17-39-18-16-35)33-10-4-11-34(14-13-33)29-26(38-2)7-6-23-5-3-9-31-28(23)29;1-21-18-23-7-3-8-29-25(23)26(27(21)36-15-4-6-22(2)34)32-10-5-9-31(11-12-32)19-24-20-37-28(30-24)33-13-16-35-17-14-33;1-27(2)23-26-17(15-32-23)18(14-20(24)30)28-10-5-11-29(13-12-28)22-19(31-3)8-7-16-6-4-9-25-21(16)22/h2-4,7,9-15,20,27H,5-6,8,16-19,21-23H2,1H3;3,5-7,9,21-22,25H,4,8,10-20H2,1-2H3;3,7-8,18,20H,4-6,9-17,19H2,1-2H3;4,6-9,15,18H,5,10-14H2,1-3H3,(H2,24,30)/t;22-,25?;;/m.1../s1. The van der Waals surface area contributed by atoms with Crippen molar-refractivity contribution in [3.63, 3.8) is 0 Å². The summed E-state index contributed by atoms with van der Waals surface area (Å²) >= 11 is 5.02. The van der Waals surface area contributed by atoms with E-state index in [2.05, 4.69) is 144 Å². The van der Waals surface area contributed by atoms with Gasteiger partial charge in [-0.3, -0.25) is 53.9 Å². The van der Waals surface area contributed by atoms with Gasteiger partial charge in [-0.05, 0) is 162 Å². The molecule has 4 atom stereocenters. The monoisotopic (exact) mass is 2070 g/mol. The number of benzene rings is 5. The van der Waals surface area contributed by atoms with Gasteiger partial charge in [-0.2, -0.15) is 5.10 Å². The molecule has 0 radical (unpaired) electrons. The van der Waals surface area contributed by atoms with Crippen LogP contribution in [-0.2, 0) is 35.2 Å². The third-order valence-electron chi connectivity index (χ3n) is 29.4. The van der Waals surface area contributed by atoms with Gasteiger partial charge in [-0.15, -0.1) is 34.0 Å². The van der Waals surface area contributed by atoms with E-state index in [0.717, 1.165) is 380 Å². The third-order valence-corrected chi connectivity index (χ3v) is 32.3. The largest absolute Gasteiger partial charge is 0.494 e.